The molecule has 4 nitrogen and oxygen atoms in total. The Bertz CT molecular complexity index is 735. The third-order valence-corrected chi connectivity index (χ3v) is 4.37. The minimum atomic E-state index is 0.199. The predicted molar refractivity (Wildman–Crippen MR) is 83.2 cm³/mol. The standard InChI is InChI=1S/C17H20N4/c18-16-6-2-1-5-13-9-20(12-15(13)16)10-14-11-21-8-4-3-7-17(21)19-14/h3-4,7-9,11-12,16H,1-2,5-6,10,18H2. The second kappa shape index (κ2) is 5.04. The summed E-state index contributed by atoms with van der Waals surface area (Å²) in [6, 6.07) is 6.27. The van der Waals surface area contributed by atoms with E-state index < -0.39 is 0 Å². The van der Waals surface area contributed by atoms with Gasteiger partial charge >= 0.3 is 0 Å². The average molecular weight is 280 g/mol. The fraction of sp³-hybridized carbons (Fsp3) is 0.353. The van der Waals surface area contributed by atoms with Crippen molar-refractivity contribution >= 4 is 5.65 Å². The fourth-order valence-electron chi connectivity index (χ4n) is 3.29. The number of rotatable bonds is 2. The maximum Gasteiger partial charge on any atom is 0.137 e. The highest BCUT2D eigenvalue weighted by Crippen LogP contribution is 2.27. The Balaban J connectivity index is 1.64. The number of imidazole rings is 1. The van der Waals surface area contributed by atoms with Crippen molar-refractivity contribution in [3.63, 3.8) is 0 Å². The summed E-state index contributed by atoms with van der Waals surface area (Å²) >= 11 is 0. The molecule has 0 radical (unpaired) electrons. The molecule has 21 heavy (non-hydrogen) atoms. The first-order chi connectivity index (χ1) is 10.3. The smallest absolute Gasteiger partial charge is 0.137 e. The lowest BCUT2D eigenvalue weighted by Crippen LogP contribution is -2.09. The highest BCUT2D eigenvalue weighted by atomic mass is 15.0. The second-order valence-electron chi connectivity index (χ2n) is 5.96. The monoisotopic (exact) mass is 280 g/mol. The molecule has 2 N–H and O–H groups in total. The van der Waals surface area contributed by atoms with Crippen molar-refractivity contribution in [2.75, 3.05) is 0 Å². The van der Waals surface area contributed by atoms with Crippen molar-refractivity contribution < 1.29 is 0 Å². The van der Waals surface area contributed by atoms with Crippen LogP contribution in [0.25, 0.3) is 5.65 Å². The van der Waals surface area contributed by atoms with Crippen molar-refractivity contribution in [1.29, 1.82) is 0 Å². The maximum atomic E-state index is 6.28. The zero-order valence-corrected chi connectivity index (χ0v) is 12.1. The predicted octanol–water partition coefficient (Wildman–Crippen LogP) is 2.91. The molecular weight excluding hydrogens is 260 g/mol. The highest BCUT2D eigenvalue weighted by Gasteiger charge is 2.17. The number of hydrogen-bond acceptors (Lipinski definition) is 2. The van der Waals surface area contributed by atoms with Gasteiger partial charge in [-0.05, 0) is 42.5 Å². The minimum absolute atomic E-state index is 0.199. The van der Waals surface area contributed by atoms with Crippen LogP contribution in [0.1, 0.15) is 42.1 Å². The molecule has 1 aliphatic rings. The van der Waals surface area contributed by atoms with Crippen molar-refractivity contribution in [3.8, 4) is 0 Å². The zero-order valence-electron chi connectivity index (χ0n) is 12.1. The normalized spacial score (nSPS) is 18.6. The molecule has 0 saturated carbocycles. The van der Waals surface area contributed by atoms with E-state index in [1.807, 2.05) is 24.4 Å². The molecular formula is C17H20N4. The van der Waals surface area contributed by atoms with E-state index in [1.165, 1.54) is 24.0 Å². The van der Waals surface area contributed by atoms with Gasteiger partial charge in [0, 0.05) is 30.8 Å². The summed E-state index contributed by atoms with van der Waals surface area (Å²) in [7, 11) is 0. The Labute approximate surface area is 124 Å². The Morgan fingerprint density at radius 3 is 3.05 bits per heavy atom. The number of hydrogen-bond donors (Lipinski definition) is 1. The van der Waals surface area contributed by atoms with Crippen LogP contribution in [0.15, 0.2) is 43.0 Å². The third kappa shape index (κ3) is 2.36. The second-order valence-corrected chi connectivity index (χ2v) is 5.96. The molecule has 0 saturated heterocycles. The molecule has 0 aliphatic heterocycles. The summed E-state index contributed by atoms with van der Waals surface area (Å²) in [5.41, 5.74) is 11.1. The molecule has 1 atom stereocenters. The zero-order chi connectivity index (χ0) is 14.2. The van der Waals surface area contributed by atoms with E-state index in [0.29, 0.717) is 0 Å². The summed E-state index contributed by atoms with van der Waals surface area (Å²) in [4.78, 5) is 4.66. The molecule has 0 bridgehead atoms. The average Bonchev–Trinajstić information content (AvgIpc) is 3.02. The van der Waals surface area contributed by atoms with Crippen molar-refractivity contribution in [1.82, 2.24) is 14.0 Å². The summed E-state index contributed by atoms with van der Waals surface area (Å²) in [5, 5.41) is 0. The van der Waals surface area contributed by atoms with E-state index in [1.54, 1.807) is 0 Å². The molecule has 1 unspecified atom stereocenters. The molecule has 3 aromatic heterocycles. The van der Waals surface area contributed by atoms with Crippen molar-refractivity contribution in [2.45, 2.75) is 38.3 Å². The Hall–Kier alpha value is -2.07. The summed E-state index contributed by atoms with van der Waals surface area (Å²) in [5.74, 6) is 0. The van der Waals surface area contributed by atoms with Crippen LogP contribution < -0.4 is 5.73 Å². The molecule has 4 heteroatoms. The van der Waals surface area contributed by atoms with Crippen molar-refractivity contribution in [3.05, 3.63) is 59.8 Å². The van der Waals surface area contributed by atoms with Gasteiger partial charge < -0.3 is 14.7 Å². The number of aryl methyl sites for hydroxylation is 1. The van der Waals surface area contributed by atoms with E-state index in [2.05, 4.69) is 32.5 Å². The quantitative estimate of drug-likeness (QED) is 0.734. The minimum Gasteiger partial charge on any atom is -0.348 e. The van der Waals surface area contributed by atoms with Gasteiger partial charge in [-0.3, -0.25) is 0 Å². The SMILES string of the molecule is NC1CCCCc2cn(Cc3cn4ccccc4n3)cc21. The lowest BCUT2D eigenvalue weighted by Gasteiger charge is -2.07. The van der Waals surface area contributed by atoms with E-state index in [9.17, 15) is 0 Å². The van der Waals surface area contributed by atoms with Gasteiger partial charge in [-0.2, -0.15) is 0 Å². The van der Waals surface area contributed by atoms with E-state index >= 15 is 0 Å². The first kappa shape index (κ1) is 12.7. The van der Waals surface area contributed by atoms with Gasteiger partial charge in [-0.15, -0.1) is 0 Å². The van der Waals surface area contributed by atoms with E-state index in [0.717, 1.165) is 30.7 Å². The Kier molecular flexibility index (Phi) is 3.04. The molecule has 3 aromatic rings. The highest BCUT2D eigenvalue weighted by molar-refractivity contribution is 5.39. The van der Waals surface area contributed by atoms with Gasteiger partial charge in [-0.25, -0.2) is 4.98 Å². The number of fused-ring (bicyclic) bond motifs is 2. The first-order valence-corrected chi connectivity index (χ1v) is 7.66. The fourth-order valence-corrected chi connectivity index (χ4v) is 3.29. The van der Waals surface area contributed by atoms with Crippen LogP contribution in [0.4, 0.5) is 0 Å². The Morgan fingerprint density at radius 2 is 2.14 bits per heavy atom. The number of pyridine rings is 1. The molecule has 3 heterocycles. The summed E-state index contributed by atoms with van der Waals surface area (Å²) in [6.07, 6.45) is 13.3. The maximum absolute atomic E-state index is 6.28. The topological polar surface area (TPSA) is 48.2 Å². The van der Waals surface area contributed by atoms with Crippen LogP contribution in [-0.2, 0) is 13.0 Å². The summed E-state index contributed by atoms with van der Waals surface area (Å²) < 4.78 is 4.30. The lowest BCUT2D eigenvalue weighted by molar-refractivity contribution is 0.609. The van der Waals surface area contributed by atoms with E-state index in [4.69, 9.17) is 5.73 Å². The van der Waals surface area contributed by atoms with Gasteiger partial charge in [0.25, 0.3) is 0 Å². The molecule has 108 valence electrons. The number of nitrogens with two attached hydrogens (primary N) is 1. The van der Waals surface area contributed by atoms with Crippen LogP contribution in [0.3, 0.4) is 0 Å². The number of nitrogens with zero attached hydrogens (tertiary/aromatic N) is 3. The number of aromatic nitrogens is 3. The first-order valence-electron chi connectivity index (χ1n) is 7.66. The Morgan fingerprint density at radius 1 is 1.19 bits per heavy atom. The van der Waals surface area contributed by atoms with Crippen molar-refractivity contribution in [2.24, 2.45) is 5.73 Å². The summed E-state index contributed by atoms with van der Waals surface area (Å²) in [6.45, 7) is 0.807. The molecule has 0 aromatic carbocycles. The van der Waals surface area contributed by atoms with Gasteiger partial charge in [0.1, 0.15) is 5.65 Å². The molecule has 0 fully saturated rings. The largest absolute Gasteiger partial charge is 0.348 e. The van der Waals surface area contributed by atoms with E-state index in [-0.39, 0.29) is 6.04 Å². The third-order valence-electron chi connectivity index (χ3n) is 4.37. The molecule has 0 amide bonds. The lowest BCUT2D eigenvalue weighted by atomic mass is 10.1. The molecule has 1 aliphatic carbocycles. The molecule has 4 rings (SSSR count). The van der Waals surface area contributed by atoms with Crippen LogP contribution in [0.2, 0.25) is 0 Å². The van der Waals surface area contributed by atoms with Crippen LogP contribution >= 0.6 is 0 Å². The van der Waals surface area contributed by atoms with Gasteiger partial charge in [-0.1, -0.05) is 12.5 Å². The molecule has 0 spiro atoms. The van der Waals surface area contributed by atoms with Crippen LogP contribution in [0.5, 0.6) is 0 Å². The van der Waals surface area contributed by atoms with Gasteiger partial charge in [0.15, 0.2) is 0 Å². The van der Waals surface area contributed by atoms with Crippen LogP contribution in [0, 0.1) is 0 Å². The van der Waals surface area contributed by atoms with Crippen LogP contribution in [-0.4, -0.2) is 14.0 Å². The van der Waals surface area contributed by atoms with Gasteiger partial charge in [0.05, 0.1) is 12.2 Å². The van der Waals surface area contributed by atoms with Gasteiger partial charge in [0.2, 0.25) is 0 Å².